The number of likely N-dealkylation sites (tertiary alicyclic amines) is 1. The number of benzene rings is 2. The van der Waals surface area contributed by atoms with Gasteiger partial charge in [0.25, 0.3) is 5.91 Å². The number of alkyl halides is 2. The summed E-state index contributed by atoms with van der Waals surface area (Å²) in [6.07, 6.45) is 0.306. The van der Waals surface area contributed by atoms with E-state index in [9.17, 15) is 23.2 Å². The predicted molar refractivity (Wildman–Crippen MR) is 122 cm³/mol. The molecule has 1 heterocycles. The number of nitrogens with zero attached hydrogens (tertiary/aromatic N) is 1. The summed E-state index contributed by atoms with van der Waals surface area (Å²) in [5, 5.41) is 11.2. The van der Waals surface area contributed by atoms with Crippen LogP contribution in [-0.2, 0) is 14.3 Å². The van der Waals surface area contributed by atoms with Crippen molar-refractivity contribution >= 4 is 18.0 Å². The van der Waals surface area contributed by atoms with Gasteiger partial charge in [-0.05, 0) is 46.9 Å². The quantitative estimate of drug-likeness (QED) is 0.649. The largest absolute Gasteiger partial charge is 0.481 e. The van der Waals surface area contributed by atoms with Crippen LogP contribution in [0.3, 0.4) is 0 Å². The van der Waals surface area contributed by atoms with Crippen LogP contribution in [0.5, 0.6) is 0 Å². The Morgan fingerprint density at radius 3 is 2.14 bits per heavy atom. The highest BCUT2D eigenvalue weighted by molar-refractivity contribution is 5.85. The third kappa shape index (κ3) is 4.24. The minimum Gasteiger partial charge on any atom is -0.481 e. The normalized spacial score (nSPS) is 20.2. The Kier molecular flexibility index (Phi) is 5.73. The predicted octanol–water partition coefficient (Wildman–Crippen LogP) is 3.87. The summed E-state index contributed by atoms with van der Waals surface area (Å²) in [5.41, 5.74) is 3.76. The number of carboxylic acids is 1. The highest BCUT2D eigenvalue weighted by Crippen LogP contribution is 2.59. The molecule has 2 amide bonds. The molecule has 1 aliphatic heterocycles. The number of carboxylic acid groups (broad SMARTS) is 1. The first-order valence-corrected chi connectivity index (χ1v) is 11.7. The maximum atomic E-state index is 14.6. The van der Waals surface area contributed by atoms with Crippen LogP contribution < -0.4 is 5.32 Å². The lowest BCUT2D eigenvalue weighted by molar-refractivity contribution is -0.158. The fraction of sp³-hybridized carbons (Fsp3) is 0.423. The molecule has 184 valence electrons. The smallest absolute Gasteiger partial charge is 0.407 e. The van der Waals surface area contributed by atoms with E-state index >= 15 is 0 Å². The van der Waals surface area contributed by atoms with Gasteiger partial charge in [0.05, 0.1) is 12.5 Å². The van der Waals surface area contributed by atoms with Crippen molar-refractivity contribution in [2.45, 2.75) is 31.1 Å². The second-order valence-electron chi connectivity index (χ2n) is 9.63. The van der Waals surface area contributed by atoms with Gasteiger partial charge in [-0.15, -0.1) is 0 Å². The summed E-state index contributed by atoms with van der Waals surface area (Å²) in [4.78, 5) is 36.8. The van der Waals surface area contributed by atoms with Gasteiger partial charge < -0.3 is 20.1 Å². The van der Waals surface area contributed by atoms with E-state index in [-0.39, 0.29) is 31.0 Å². The molecule has 7 nitrogen and oxygen atoms in total. The molecule has 2 fully saturated rings. The Morgan fingerprint density at radius 2 is 1.60 bits per heavy atom. The molecular weight excluding hydrogens is 458 g/mol. The zero-order valence-corrected chi connectivity index (χ0v) is 19.0. The average Bonchev–Trinajstić information content (AvgIpc) is 3.47. The number of alkyl carbamates (subject to hydrolysis) is 1. The monoisotopic (exact) mass is 484 g/mol. The average molecular weight is 484 g/mol. The molecule has 1 atom stereocenters. The number of fused-ring (bicyclic) bond motifs is 3. The number of hydrogen-bond acceptors (Lipinski definition) is 4. The first kappa shape index (κ1) is 23.3. The fourth-order valence-electron chi connectivity index (χ4n) is 5.54. The lowest BCUT2D eigenvalue weighted by Crippen LogP contribution is -2.52. The lowest BCUT2D eigenvalue weighted by Gasteiger charge is -2.34. The molecule has 0 radical (unpaired) electrons. The molecular formula is C26H26F2N2O5. The number of aliphatic carboxylic acids is 1. The van der Waals surface area contributed by atoms with Crippen molar-refractivity contribution in [3.8, 4) is 11.1 Å². The molecule has 2 aromatic carbocycles. The van der Waals surface area contributed by atoms with Crippen LogP contribution in [0.1, 0.15) is 36.3 Å². The van der Waals surface area contributed by atoms with Gasteiger partial charge in [-0.1, -0.05) is 48.5 Å². The molecule has 2 aromatic rings. The topological polar surface area (TPSA) is 95.9 Å². The van der Waals surface area contributed by atoms with Crippen LogP contribution in [0.2, 0.25) is 0 Å². The molecule has 3 aliphatic rings. The van der Waals surface area contributed by atoms with Crippen molar-refractivity contribution in [2.24, 2.45) is 11.3 Å². The van der Waals surface area contributed by atoms with Crippen molar-refractivity contribution in [1.29, 1.82) is 0 Å². The van der Waals surface area contributed by atoms with Crippen molar-refractivity contribution in [2.75, 3.05) is 26.2 Å². The molecule has 35 heavy (non-hydrogen) atoms. The number of carbonyl (C=O) groups excluding carboxylic acids is 2. The third-order valence-corrected chi connectivity index (χ3v) is 7.65. The minimum atomic E-state index is -3.79. The highest BCUT2D eigenvalue weighted by atomic mass is 19.3. The van der Waals surface area contributed by atoms with E-state index in [0.29, 0.717) is 19.3 Å². The van der Waals surface area contributed by atoms with Gasteiger partial charge in [-0.2, -0.15) is 8.78 Å². The molecule has 1 saturated carbocycles. The summed E-state index contributed by atoms with van der Waals surface area (Å²) < 4.78 is 34.4. The van der Waals surface area contributed by atoms with E-state index in [0.717, 1.165) is 27.2 Å². The molecule has 9 heteroatoms. The van der Waals surface area contributed by atoms with E-state index in [2.05, 4.69) is 0 Å². The number of nitrogens with one attached hydrogen (secondary N) is 1. The summed E-state index contributed by atoms with van der Waals surface area (Å²) in [6.45, 7) is -1.01. The molecule has 5 rings (SSSR count). The molecule has 0 aromatic heterocycles. The fourth-order valence-corrected chi connectivity index (χ4v) is 5.54. The van der Waals surface area contributed by atoms with Crippen LogP contribution in [0.4, 0.5) is 13.6 Å². The van der Waals surface area contributed by atoms with Crippen molar-refractivity contribution in [3.63, 3.8) is 0 Å². The number of rotatable bonds is 6. The van der Waals surface area contributed by atoms with Crippen LogP contribution in [-0.4, -0.2) is 60.1 Å². The zero-order valence-electron chi connectivity index (χ0n) is 19.0. The molecule has 2 aliphatic carbocycles. The van der Waals surface area contributed by atoms with E-state index in [1.165, 1.54) is 0 Å². The second-order valence-corrected chi connectivity index (χ2v) is 9.63. The Bertz CT molecular complexity index is 1130. The maximum absolute atomic E-state index is 14.6. The van der Waals surface area contributed by atoms with Crippen LogP contribution in [0.15, 0.2) is 48.5 Å². The van der Waals surface area contributed by atoms with E-state index < -0.39 is 36.4 Å². The van der Waals surface area contributed by atoms with Crippen molar-refractivity contribution < 1.29 is 33.0 Å². The van der Waals surface area contributed by atoms with Gasteiger partial charge in [0.2, 0.25) is 0 Å². The summed E-state index contributed by atoms with van der Waals surface area (Å²) in [6, 6.07) is 15.6. The Balaban J connectivity index is 1.13. The van der Waals surface area contributed by atoms with Crippen LogP contribution in [0, 0.1) is 11.3 Å². The van der Waals surface area contributed by atoms with Crippen molar-refractivity contribution in [1.82, 2.24) is 10.2 Å². The van der Waals surface area contributed by atoms with E-state index in [1.807, 2.05) is 53.8 Å². The Hall–Kier alpha value is -3.49. The standard InChI is InChI=1S/C26H26F2N2O5/c27-26(28,23(33)30-11-9-25(10-12-30)13-21(25)22(31)32)15-29-24(34)35-14-20-18-7-3-1-5-16(18)17-6-2-4-8-19(17)20/h1-8,20-21H,9-15H2,(H,29,34)(H,31,32). The first-order valence-electron chi connectivity index (χ1n) is 11.7. The molecule has 1 unspecified atom stereocenters. The van der Waals surface area contributed by atoms with E-state index in [4.69, 9.17) is 9.84 Å². The molecule has 0 bridgehead atoms. The number of amides is 2. The number of ether oxygens (including phenoxy) is 1. The third-order valence-electron chi connectivity index (χ3n) is 7.65. The minimum absolute atomic E-state index is 0.0155. The highest BCUT2D eigenvalue weighted by Gasteiger charge is 2.59. The Morgan fingerprint density at radius 1 is 1.03 bits per heavy atom. The maximum Gasteiger partial charge on any atom is 0.407 e. The van der Waals surface area contributed by atoms with Gasteiger partial charge in [-0.3, -0.25) is 9.59 Å². The summed E-state index contributed by atoms with van der Waals surface area (Å²) >= 11 is 0. The van der Waals surface area contributed by atoms with Gasteiger partial charge in [0.15, 0.2) is 0 Å². The van der Waals surface area contributed by atoms with Crippen LogP contribution in [0.25, 0.3) is 11.1 Å². The SMILES string of the molecule is O=C(NCC(F)(F)C(=O)N1CCC2(CC1)CC2C(=O)O)OCC1c2ccccc2-c2ccccc21. The molecule has 1 saturated heterocycles. The lowest BCUT2D eigenvalue weighted by atomic mass is 9.90. The van der Waals surface area contributed by atoms with Gasteiger partial charge >= 0.3 is 18.0 Å². The van der Waals surface area contributed by atoms with Gasteiger partial charge in [-0.25, -0.2) is 4.79 Å². The molecule has 1 spiro atoms. The van der Waals surface area contributed by atoms with E-state index in [1.54, 1.807) is 0 Å². The number of hydrogen-bond donors (Lipinski definition) is 2. The number of halogens is 2. The number of piperidine rings is 1. The Labute approximate surface area is 201 Å². The zero-order chi connectivity index (χ0) is 24.8. The molecule has 2 N–H and O–H groups in total. The van der Waals surface area contributed by atoms with Crippen LogP contribution >= 0.6 is 0 Å². The van der Waals surface area contributed by atoms with Gasteiger partial charge in [0.1, 0.15) is 6.61 Å². The second kappa shape index (κ2) is 8.62. The van der Waals surface area contributed by atoms with Gasteiger partial charge in [0, 0.05) is 19.0 Å². The summed E-state index contributed by atoms with van der Waals surface area (Å²) in [5.74, 6) is -6.67. The number of carbonyl (C=O) groups is 3. The van der Waals surface area contributed by atoms with Crippen molar-refractivity contribution in [3.05, 3.63) is 59.7 Å². The summed E-state index contributed by atoms with van der Waals surface area (Å²) in [7, 11) is 0. The first-order chi connectivity index (χ1) is 16.7.